The van der Waals surface area contributed by atoms with E-state index in [1.807, 2.05) is 27.2 Å². The van der Waals surface area contributed by atoms with Crippen molar-refractivity contribution in [1.29, 1.82) is 0 Å². The van der Waals surface area contributed by atoms with Crippen molar-refractivity contribution in [2.75, 3.05) is 40.9 Å². The quantitative estimate of drug-likeness (QED) is 0.0272. The number of aliphatic hydroxyl groups is 1. The molecule has 400 valence electrons. The Morgan fingerprint density at radius 2 is 0.868 bits per heavy atom. The molecule has 0 aliphatic rings. The van der Waals surface area contributed by atoms with Crippen LogP contribution < -0.4 is 10.2 Å². The number of phosphoric acid groups is 1. The Morgan fingerprint density at radius 3 is 1.28 bits per heavy atom. The second-order valence-corrected chi connectivity index (χ2v) is 22.4. The predicted octanol–water partition coefficient (Wildman–Crippen LogP) is 16.9. The van der Waals surface area contributed by atoms with Gasteiger partial charge in [0.25, 0.3) is 7.82 Å². The molecule has 0 rings (SSSR count). The van der Waals surface area contributed by atoms with Crippen LogP contribution in [0.25, 0.3) is 0 Å². The number of unbranched alkanes of at least 4 members (excludes halogenated alkanes) is 34. The van der Waals surface area contributed by atoms with E-state index in [1.165, 1.54) is 205 Å². The topological polar surface area (TPSA) is 108 Å². The van der Waals surface area contributed by atoms with E-state index in [0.29, 0.717) is 17.4 Å². The van der Waals surface area contributed by atoms with Crippen LogP contribution in [0.5, 0.6) is 0 Å². The highest BCUT2D eigenvalue weighted by atomic mass is 31.2. The van der Waals surface area contributed by atoms with Crippen LogP contribution in [-0.2, 0) is 18.4 Å². The maximum Gasteiger partial charge on any atom is 0.268 e. The molecule has 0 fully saturated rings. The average Bonchev–Trinajstić information content (AvgIpc) is 3.30. The zero-order valence-corrected chi connectivity index (χ0v) is 46.5. The van der Waals surface area contributed by atoms with Crippen molar-refractivity contribution in [3.63, 3.8) is 0 Å². The van der Waals surface area contributed by atoms with Crippen LogP contribution in [0.2, 0.25) is 0 Å². The molecule has 0 spiro atoms. The summed E-state index contributed by atoms with van der Waals surface area (Å²) < 4.78 is 23.3. The molecule has 3 unspecified atom stereocenters. The van der Waals surface area contributed by atoms with Gasteiger partial charge in [-0.25, -0.2) is 0 Å². The number of nitrogens with one attached hydrogen (secondary N) is 1. The summed E-state index contributed by atoms with van der Waals surface area (Å²) in [5.41, 5.74) is 0. The summed E-state index contributed by atoms with van der Waals surface area (Å²) in [5.74, 6) is -0.206. The standard InChI is InChI=1S/C59H113N2O6P/c1-6-8-10-12-14-16-18-20-22-24-25-26-27-28-29-30-31-32-33-34-35-37-39-41-43-45-47-49-51-53-59(63)60-57(56-67-68(64,65)66-55-54-61(3,4)5)58(62)52-50-48-46-44-42-40-38-36-23-21-19-17-15-13-11-9-7-2/h25-26,28-29,42,44,50,52,57-58,62H,6-24,27,30-41,43,45-49,51,53-56H2,1-5H3,(H-,60,63,64,65)/b26-25-,29-28-,44-42+,52-50+. The van der Waals surface area contributed by atoms with E-state index in [0.717, 1.165) is 44.9 Å². The van der Waals surface area contributed by atoms with Crippen molar-refractivity contribution < 1.29 is 32.9 Å². The first-order valence-corrected chi connectivity index (χ1v) is 30.5. The summed E-state index contributed by atoms with van der Waals surface area (Å²) in [7, 11) is 1.25. The zero-order chi connectivity index (χ0) is 49.9. The number of hydrogen-bond acceptors (Lipinski definition) is 6. The van der Waals surface area contributed by atoms with Gasteiger partial charge in [0.1, 0.15) is 13.2 Å². The van der Waals surface area contributed by atoms with Gasteiger partial charge < -0.3 is 28.8 Å². The highest BCUT2D eigenvalue weighted by Crippen LogP contribution is 2.38. The molecule has 68 heavy (non-hydrogen) atoms. The Kier molecular flexibility index (Phi) is 49.3. The highest BCUT2D eigenvalue weighted by Gasteiger charge is 2.23. The average molecular weight is 978 g/mol. The Hall–Kier alpha value is -1.54. The van der Waals surface area contributed by atoms with E-state index >= 15 is 0 Å². The SMILES string of the molecule is CCCCCCCCCCC/C=C\C/C=C\CCCCCCCCCCCCCCCC(=O)NC(COP(=O)([O-])OCC[N+](C)(C)C)C(O)/C=C/CC/C=C/CCCCCCCCCCCCC. The van der Waals surface area contributed by atoms with Gasteiger partial charge in [0.15, 0.2) is 0 Å². The maximum atomic E-state index is 13.0. The van der Waals surface area contributed by atoms with Gasteiger partial charge in [-0.2, -0.15) is 0 Å². The number of amides is 1. The first-order valence-electron chi connectivity index (χ1n) is 29.0. The summed E-state index contributed by atoms with van der Waals surface area (Å²) in [6, 6.07) is -0.904. The number of rotatable bonds is 53. The Labute approximate surface area is 422 Å². The van der Waals surface area contributed by atoms with Gasteiger partial charge in [-0.1, -0.05) is 249 Å². The Bertz CT molecular complexity index is 1250. The molecule has 0 saturated carbocycles. The first kappa shape index (κ1) is 66.5. The molecule has 8 nitrogen and oxygen atoms in total. The van der Waals surface area contributed by atoms with Gasteiger partial charge >= 0.3 is 0 Å². The third kappa shape index (κ3) is 52.3. The van der Waals surface area contributed by atoms with Gasteiger partial charge in [0.2, 0.25) is 5.91 Å². The number of quaternary nitrogens is 1. The van der Waals surface area contributed by atoms with Crippen molar-refractivity contribution in [3.8, 4) is 0 Å². The highest BCUT2D eigenvalue weighted by molar-refractivity contribution is 7.45. The van der Waals surface area contributed by atoms with Gasteiger partial charge in [0.05, 0.1) is 39.9 Å². The summed E-state index contributed by atoms with van der Waals surface area (Å²) >= 11 is 0. The van der Waals surface area contributed by atoms with Crippen molar-refractivity contribution in [2.45, 2.75) is 283 Å². The third-order valence-electron chi connectivity index (χ3n) is 13.0. The van der Waals surface area contributed by atoms with Gasteiger partial charge in [-0.15, -0.1) is 0 Å². The van der Waals surface area contributed by atoms with Gasteiger partial charge in [-0.05, 0) is 64.2 Å². The number of likely N-dealkylation sites (N-methyl/N-ethyl adjacent to an activating group) is 1. The fourth-order valence-corrected chi connectivity index (χ4v) is 9.16. The molecule has 2 N–H and O–H groups in total. The molecule has 0 heterocycles. The number of nitrogens with zero attached hydrogens (tertiary/aromatic N) is 1. The largest absolute Gasteiger partial charge is 0.756 e. The number of hydrogen-bond donors (Lipinski definition) is 2. The van der Waals surface area contributed by atoms with Crippen molar-refractivity contribution >= 4 is 13.7 Å². The molecule has 0 aliphatic carbocycles. The van der Waals surface area contributed by atoms with Crippen molar-refractivity contribution in [1.82, 2.24) is 5.32 Å². The molecule has 0 radical (unpaired) electrons. The lowest BCUT2D eigenvalue weighted by molar-refractivity contribution is -0.870. The molecule has 3 atom stereocenters. The van der Waals surface area contributed by atoms with Gasteiger partial charge in [0, 0.05) is 6.42 Å². The summed E-state index contributed by atoms with van der Waals surface area (Å²) in [6.45, 7) is 4.65. The zero-order valence-electron chi connectivity index (χ0n) is 45.6. The molecule has 0 saturated heterocycles. The molecular weight excluding hydrogens is 864 g/mol. The molecule has 0 aromatic rings. The summed E-state index contributed by atoms with van der Waals surface area (Å²) in [6.07, 6.45) is 66.2. The summed E-state index contributed by atoms with van der Waals surface area (Å²) in [5, 5.41) is 13.9. The molecule has 1 amide bonds. The van der Waals surface area contributed by atoms with Crippen LogP contribution in [0, 0.1) is 0 Å². The minimum atomic E-state index is -4.60. The number of allylic oxidation sites excluding steroid dienone is 7. The van der Waals surface area contributed by atoms with Crippen molar-refractivity contribution in [3.05, 3.63) is 48.6 Å². The van der Waals surface area contributed by atoms with Crippen LogP contribution >= 0.6 is 7.82 Å². The van der Waals surface area contributed by atoms with Crippen LogP contribution in [0.3, 0.4) is 0 Å². The normalized spacial score (nSPS) is 14.3. The van der Waals surface area contributed by atoms with Crippen LogP contribution in [0.15, 0.2) is 48.6 Å². The van der Waals surface area contributed by atoms with Crippen LogP contribution in [-0.4, -0.2) is 68.5 Å². The molecule has 0 aromatic carbocycles. The minimum absolute atomic E-state index is 0.00676. The monoisotopic (exact) mass is 977 g/mol. The Morgan fingerprint density at radius 1 is 0.515 bits per heavy atom. The lowest BCUT2D eigenvalue weighted by Gasteiger charge is -2.29. The lowest BCUT2D eigenvalue weighted by Crippen LogP contribution is -2.45. The van der Waals surface area contributed by atoms with E-state index in [2.05, 4.69) is 55.6 Å². The van der Waals surface area contributed by atoms with E-state index < -0.39 is 26.6 Å². The van der Waals surface area contributed by atoms with Crippen LogP contribution in [0.4, 0.5) is 0 Å². The summed E-state index contributed by atoms with van der Waals surface area (Å²) in [4.78, 5) is 25.5. The molecule has 9 heteroatoms. The lowest BCUT2D eigenvalue weighted by atomic mass is 10.0. The second kappa shape index (κ2) is 50.4. The molecule has 0 bridgehead atoms. The Balaban J connectivity index is 4.17. The number of carbonyl (C=O) groups excluding carboxylic acids is 1. The fourth-order valence-electron chi connectivity index (χ4n) is 8.44. The van der Waals surface area contributed by atoms with E-state index in [4.69, 9.17) is 9.05 Å². The van der Waals surface area contributed by atoms with Gasteiger partial charge in [-0.3, -0.25) is 9.36 Å². The smallest absolute Gasteiger partial charge is 0.268 e. The maximum absolute atomic E-state index is 13.0. The number of phosphoric ester groups is 1. The van der Waals surface area contributed by atoms with E-state index in [-0.39, 0.29) is 12.5 Å². The molecular formula is C59H113N2O6P. The third-order valence-corrected chi connectivity index (χ3v) is 14.0. The van der Waals surface area contributed by atoms with E-state index in [9.17, 15) is 19.4 Å². The molecule has 0 aromatic heterocycles. The molecule has 0 aliphatic heterocycles. The van der Waals surface area contributed by atoms with E-state index in [1.54, 1.807) is 6.08 Å². The number of aliphatic hydroxyl groups excluding tert-OH is 1. The fraction of sp³-hybridized carbons (Fsp3) is 0.847. The van der Waals surface area contributed by atoms with Crippen molar-refractivity contribution in [2.24, 2.45) is 0 Å². The number of carbonyl (C=O) groups is 1. The first-order chi connectivity index (χ1) is 33.0. The minimum Gasteiger partial charge on any atom is -0.756 e. The van der Waals surface area contributed by atoms with Crippen LogP contribution in [0.1, 0.15) is 271 Å². The second-order valence-electron chi connectivity index (χ2n) is 21.0. The predicted molar refractivity (Wildman–Crippen MR) is 293 cm³/mol.